The molecule has 23 heavy (non-hydrogen) atoms. The van der Waals surface area contributed by atoms with Crippen LogP contribution in [0.25, 0.3) is 0 Å². The molecular weight excluding hydrogens is 282 g/mol. The Balaban J connectivity index is 1.59. The van der Waals surface area contributed by atoms with Gasteiger partial charge < -0.3 is 5.32 Å². The van der Waals surface area contributed by atoms with Crippen molar-refractivity contribution in [3.8, 4) is 0 Å². The van der Waals surface area contributed by atoms with Crippen LogP contribution in [0.2, 0.25) is 0 Å². The van der Waals surface area contributed by atoms with Crippen LogP contribution in [-0.4, -0.2) is 5.91 Å². The normalized spacial score (nSPS) is 25.0. The summed E-state index contributed by atoms with van der Waals surface area (Å²) in [5.74, 6) is 1.38. The lowest BCUT2D eigenvalue weighted by Crippen LogP contribution is -2.36. The SMILES string of the molecule is O=C(NC(c1ccccc1)c1ccccc1)[C@@H]1C[C@@H]2C=C[C@H]1C2. The molecule has 1 saturated carbocycles. The molecule has 116 valence electrons. The molecule has 1 N–H and O–H groups in total. The molecule has 3 atom stereocenters. The van der Waals surface area contributed by atoms with Crippen LogP contribution in [0.1, 0.15) is 30.0 Å². The second kappa shape index (κ2) is 6.04. The monoisotopic (exact) mass is 303 g/mol. The van der Waals surface area contributed by atoms with Crippen LogP contribution < -0.4 is 5.32 Å². The Labute approximate surface area is 137 Å². The Kier molecular flexibility index (Phi) is 3.74. The Hall–Kier alpha value is -2.35. The first-order valence-corrected chi connectivity index (χ1v) is 8.40. The molecular formula is C21H21NO. The Morgan fingerprint density at radius 3 is 1.96 bits per heavy atom. The molecule has 0 aliphatic heterocycles. The van der Waals surface area contributed by atoms with Gasteiger partial charge in [0.15, 0.2) is 0 Å². The van der Waals surface area contributed by atoms with Crippen molar-refractivity contribution in [2.24, 2.45) is 17.8 Å². The molecule has 2 aliphatic rings. The third-order valence-electron chi connectivity index (χ3n) is 5.17. The van der Waals surface area contributed by atoms with Crippen molar-refractivity contribution in [2.45, 2.75) is 18.9 Å². The molecule has 2 aromatic carbocycles. The van der Waals surface area contributed by atoms with E-state index in [4.69, 9.17) is 0 Å². The van der Waals surface area contributed by atoms with Gasteiger partial charge in [-0.25, -0.2) is 0 Å². The summed E-state index contributed by atoms with van der Waals surface area (Å²) in [7, 11) is 0. The molecule has 0 spiro atoms. The van der Waals surface area contributed by atoms with Gasteiger partial charge in [-0.2, -0.15) is 0 Å². The molecule has 4 rings (SSSR count). The van der Waals surface area contributed by atoms with Crippen LogP contribution >= 0.6 is 0 Å². The fourth-order valence-electron chi connectivity index (χ4n) is 3.98. The minimum Gasteiger partial charge on any atom is -0.345 e. The molecule has 0 aromatic heterocycles. The Bertz CT molecular complexity index is 668. The molecule has 2 nitrogen and oxygen atoms in total. The fourth-order valence-corrected chi connectivity index (χ4v) is 3.98. The Morgan fingerprint density at radius 2 is 1.48 bits per heavy atom. The van der Waals surface area contributed by atoms with Crippen molar-refractivity contribution in [1.29, 1.82) is 0 Å². The van der Waals surface area contributed by atoms with E-state index in [2.05, 4.69) is 41.7 Å². The fraction of sp³-hybridized carbons (Fsp3) is 0.286. The number of rotatable bonds is 4. The molecule has 1 fully saturated rings. The van der Waals surface area contributed by atoms with Gasteiger partial charge >= 0.3 is 0 Å². The van der Waals surface area contributed by atoms with Gasteiger partial charge in [0, 0.05) is 5.92 Å². The Morgan fingerprint density at radius 1 is 0.870 bits per heavy atom. The smallest absolute Gasteiger partial charge is 0.224 e. The van der Waals surface area contributed by atoms with Gasteiger partial charge in [0.25, 0.3) is 0 Å². The molecule has 2 heteroatoms. The van der Waals surface area contributed by atoms with Crippen LogP contribution in [-0.2, 0) is 4.79 Å². The van der Waals surface area contributed by atoms with E-state index < -0.39 is 0 Å². The predicted octanol–water partition coefficient (Wildman–Crippen LogP) is 4.10. The zero-order valence-corrected chi connectivity index (χ0v) is 13.1. The summed E-state index contributed by atoms with van der Waals surface area (Å²) < 4.78 is 0. The molecule has 0 radical (unpaired) electrons. The highest BCUT2D eigenvalue weighted by molar-refractivity contribution is 5.81. The van der Waals surface area contributed by atoms with E-state index in [9.17, 15) is 4.79 Å². The number of hydrogen-bond donors (Lipinski definition) is 1. The highest BCUT2D eigenvalue weighted by Crippen LogP contribution is 2.43. The van der Waals surface area contributed by atoms with Crippen molar-refractivity contribution in [2.75, 3.05) is 0 Å². The van der Waals surface area contributed by atoms with Gasteiger partial charge in [-0.1, -0.05) is 72.8 Å². The van der Waals surface area contributed by atoms with Crippen molar-refractivity contribution >= 4 is 5.91 Å². The van der Waals surface area contributed by atoms with Crippen LogP contribution in [0.5, 0.6) is 0 Å². The van der Waals surface area contributed by atoms with E-state index >= 15 is 0 Å². The van der Waals surface area contributed by atoms with Gasteiger partial charge in [0.05, 0.1) is 6.04 Å². The van der Waals surface area contributed by atoms with Crippen LogP contribution in [0, 0.1) is 17.8 Å². The minimum atomic E-state index is -0.0759. The first-order valence-electron chi connectivity index (χ1n) is 8.40. The predicted molar refractivity (Wildman–Crippen MR) is 91.7 cm³/mol. The zero-order chi connectivity index (χ0) is 15.6. The molecule has 2 aliphatic carbocycles. The van der Waals surface area contributed by atoms with E-state index in [1.165, 1.54) is 0 Å². The number of carbonyl (C=O) groups excluding carboxylic acids is 1. The summed E-state index contributed by atoms with van der Waals surface area (Å²) in [4.78, 5) is 12.8. The van der Waals surface area contributed by atoms with Crippen LogP contribution in [0.3, 0.4) is 0 Å². The lowest BCUT2D eigenvalue weighted by Gasteiger charge is -2.24. The first-order chi connectivity index (χ1) is 11.3. The quantitative estimate of drug-likeness (QED) is 0.846. The van der Waals surface area contributed by atoms with Crippen molar-refractivity contribution in [3.63, 3.8) is 0 Å². The summed E-state index contributed by atoms with van der Waals surface area (Å²) in [6.45, 7) is 0. The maximum atomic E-state index is 12.8. The number of fused-ring (bicyclic) bond motifs is 2. The topological polar surface area (TPSA) is 29.1 Å². The highest BCUT2D eigenvalue weighted by atomic mass is 16.2. The van der Waals surface area contributed by atoms with Crippen molar-refractivity contribution < 1.29 is 4.79 Å². The van der Waals surface area contributed by atoms with E-state index in [1.807, 2.05) is 36.4 Å². The summed E-state index contributed by atoms with van der Waals surface area (Å²) in [6.07, 6.45) is 6.67. The summed E-state index contributed by atoms with van der Waals surface area (Å²) >= 11 is 0. The average Bonchev–Trinajstić information content (AvgIpc) is 3.24. The summed E-state index contributed by atoms with van der Waals surface area (Å²) in [5.41, 5.74) is 2.26. The van der Waals surface area contributed by atoms with Gasteiger partial charge in [-0.15, -0.1) is 0 Å². The van der Waals surface area contributed by atoms with Crippen molar-refractivity contribution in [3.05, 3.63) is 83.9 Å². The van der Waals surface area contributed by atoms with Gasteiger partial charge in [0.2, 0.25) is 5.91 Å². The van der Waals surface area contributed by atoms with Gasteiger partial charge in [0.1, 0.15) is 0 Å². The number of hydrogen-bond acceptors (Lipinski definition) is 1. The molecule has 1 amide bonds. The van der Waals surface area contributed by atoms with Crippen LogP contribution in [0.15, 0.2) is 72.8 Å². The lowest BCUT2D eigenvalue weighted by molar-refractivity contribution is -0.126. The lowest BCUT2D eigenvalue weighted by atomic mass is 9.91. The number of benzene rings is 2. The third-order valence-corrected chi connectivity index (χ3v) is 5.17. The van der Waals surface area contributed by atoms with E-state index in [0.717, 1.165) is 24.0 Å². The van der Waals surface area contributed by atoms with Gasteiger partial charge in [-0.05, 0) is 35.8 Å². The van der Waals surface area contributed by atoms with E-state index in [-0.39, 0.29) is 17.9 Å². The maximum absolute atomic E-state index is 12.8. The summed E-state index contributed by atoms with van der Waals surface area (Å²) in [5, 5.41) is 3.30. The standard InChI is InChI=1S/C21H21NO/c23-21(19-14-15-11-12-18(19)13-15)22-20(16-7-3-1-4-8-16)17-9-5-2-6-10-17/h1-12,15,18-20H,13-14H2,(H,22,23)/t15-,18+,19-/m1/s1. The van der Waals surface area contributed by atoms with E-state index in [0.29, 0.717) is 11.8 Å². The van der Waals surface area contributed by atoms with Crippen molar-refractivity contribution in [1.82, 2.24) is 5.32 Å². The molecule has 2 aromatic rings. The second-order valence-electron chi connectivity index (χ2n) is 6.65. The first kappa shape index (κ1) is 14.3. The zero-order valence-electron chi connectivity index (χ0n) is 13.1. The number of nitrogens with one attached hydrogen (secondary N) is 1. The molecule has 0 unspecified atom stereocenters. The van der Waals surface area contributed by atoms with E-state index in [1.54, 1.807) is 0 Å². The maximum Gasteiger partial charge on any atom is 0.224 e. The highest BCUT2D eigenvalue weighted by Gasteiger charge is 2.40. The van der Waals surface area contributed by atoms with Gasteiger partial charge in [-0.3, -0.25) is 4.79 Å². The van der Waals surface area contributed by atoms with Crippen LogP contribution in [0.4, 0.5) is 0 Å². The summed E-state index contributed by atoms with van der Waals surface area (Å²) in [6, 6.07) is 20.4. The second-order valence-corrected chi connectivity index (χ2v) is 6.65. The number of allylic oxidation sites excluding steroid dienone is 2. The number of amides is 1. The number of carbonyl (C=O) groups is 1. The molecule has 0 heterocycles. The molecule has 0 saturated heterocycles. The average molecular weight is 303 g/mol. The largest absolute Gasteiger partial charge is 0.345 e. The minimum absolute atomic E-state index is 0.0759. The third kappa shape index (κ3) is 2.81. The molecule has 2 bridgehead atoms.